The van der Waals surface area contributed by atoms with Gasteiger partial charge in [0.25, 0.3) is 0 Å². The Morgan fingerprint density at radius 3 is 2.79 bits per heavy atom. The lowest BCUT2D eigenvalue weighted by molar-refractivity contribution is -0.136. The maximum absolute atomic E-state index is 13.7. The maximum atomic E-state index is 13.7. The monoisotopic (exact) mass is 406 g/mol. The van der Waals surface area contributed by atoms with E-state index in [1.807, 2.05) is 13.0 Å². The summed E-state index contributed by atoms with van der Waals surface area (Å²) in [4.78, 5) is 11.8. The van der Waals surface area contributed by atoms with Gasteiger partial charge in [0.1, 0.15) is 11.8 Å². The van der Waals surface area contributed by atoms with E-state index in [9.17, 15) is 23.2 Å². The average Bonchev–Trinajstić information content (AvgIpc) is 3.23. The minimum atomic E-state index is -4.71. The molecule has 0 aliphatic heterocycles. The van der Waals surface area contributed by atoms with Crippen LogP contribution in [0.3, 0.4) is 0 Å². The number of nitrogens with two attached hydrogens (primary N) is 1. The molecule has 9 heteroatoms. The summed E-state index contributed by atoms with van der Waals surface area (Å²) in [6.07, 6.45) is -2.09. The van der Waals surface area contributed by atoms with E-state index in [0.717, 1.165) is 36.2 Å². The van der Waals surface area contributed by atoms with Crippen LogP contribution in [0.25, 0.3) is 5.69 Å². The number of hydrogen-bond donors (Lipinski definition) is 2. The summed E-state index contributed by atoms with van der Waals surface area (Å²) >= 11 is 0. The number of fused-ring (bicyclic) bond motifs is 1. The lowest BCUT2D eigenvalue weighted by atomic mass is 10.1. The lowest BCUT2D eigenvalue weighted by Gasteiger charge is -2.17. The Morgan fingerprint density at radius 2 is 2.14 bits per heavy atom. The van der Waals surface area contributed by atoms with Gasteiger partial charge in [-0.15, -0.1) is 0 Å². The van der Waals surface area contributed by atoms with E-state index < -0.39 is 23.5 Å². The zero-order valence-corrected chi connectivity index (χ0v) is 15.9. The van der Waals surface area contributed by atoms with Crippen LogP contribution >= 0.6 is 0 Å². The van der Waals surface area contributed by atoms with Crippen molar-refractivity contribution in [3.63, 3.8) is 0 Å². The van der Waals surface area contributed by atoms with Gasteiger partial charge < -0.3 is 15.0 Å². The normalized spacial score (nSPS) is 13.1. The number of nitrogen functional groups attached to an aromatic ring is 1. The van der Waals surface area contributed by atoms with Crippen molar-refractivity contribution in [2.24, 2.45) is 0 Å². The standard InChI is InChI=1S/C20H21F3N4O2/c1-2-3-9-29-19(28)26-15-8-7-12(10-14(15)20(21,22)23)27-16-6-4-5-13(16)18(25)17(27)11-24/h7-8,10H,2-6,9,25H2,1H3,(H,26,28). The van der Waals surface area contributed by atoms with Gasteiger partial charge in [-0.05, 0) is 49.4 Å². The summed E-state index contributed by atoms with van der Waals surface area (Å²) in [7, 11) is 0. The van der Waals surface area contributed by atoms with Crippen LogP contribution in [0.2, 0.25) is 0 Å². The van der Waals surface area contributed by atoms with Crippen molar-refractivity contribution in [1.29, 1.82) is 5.26 Å². The molecule has 0 atom stereocenters. The van der Waals surface area contributed by atoms with Crippen molar-refractivity contribution in [3.8, 4) is 11.8 Å². The van der Waals surface area contributed by atoms with Crippen molar-refractivity contribution in [2.45, 2.75) is 45.2 Å². The highest BCUT2D eigenvalue weighted by Crippen LogP contribution is 2.39. The minimum Gasteiger partial charge on any atom is -0.449 e. The number of alkyl halides is 3. The Kier molecular flexibility index (Phi) is 5.73. The minimum absolute atomic E-state index is 0.127. The Bertz CT molecular complexity index is 974. The van der Waals surface area contributed by atoms with Crippen LogP contribution in [0.5, 0.6) is 0 Å². The SMILES string of the molecule is CCCCOC(=O)Nc1ccc(-n2c(C#N)c(N)c3c2CCC3)cc1C(F)(F)F. The zero-order chi connectivity index (χ0) is 21.2. The third-order valence-electron chi connectivity index (χ3n) is 4.90. The van der Waals surface area contributed by atoms with Crippen LogP contribution in [0.4, 0.5) is 29.3 Å². The van der Waals surface area contributed by atoms with Crippen molar-refractivity contribution in [1.82, 2.24) is 4.57 Å². The van der Waals surface area contributed by atoms with E-state index in [-0.39, 0.29) is 18.0 Å². The number of amides is 1. The van der Waals surface area contributed by atoms with Gasteiger partial charge in [0.15, 0.2) is 0 Å². The highest BCUT2D eigenvalue weighted by atomic mass is 19.4. The van der Waals surface area contributed by atoms with Crippen LogP contribution in [0.1, 0.15) is 48.7 Å². The fraction of sp³-hybridized carbons (Fsp3) is 0.400. The smallest absolute Gasteiger partial charge is 0.418 e. The maximum Gasteiger partial charge on any atom is 0.418 e. The largest absolute Gasteiger partial charge is 0.449 e. The van der Waals surface area contributed by atoms with Crippen molar-refractivity contribution >= 4 is 17.5 Å². The van der Waals surface area contributed by atoms with Crippen LogP contribution < -0.4 is 11.1 Å². The second kappa shape index (κ2) is 8.07. The first-order valence-electron chi connectivity index (χ1n) is 9.35. The second-order valence-electron chi connectivity index (χ2n) is 6.83. The molecule has 6 nitrogen and oxygen atoms in total. The molecule has 1 aliphatic carbocycles. The van der Waals surface area contributed by atoms with Gasteiger partial charge in [0.05, 0.1) is 23.5 Å². The number of benzene rings is 1. The Morgan fingerprint density at radius 1 is 1.38 bits per heavy atom. The van der Waals surface area contributed by atoms with Crippen molar-refractivity contribution in [3.05, 3.63) is 40.7 Å². The second-order valence-corrected chi connectivity index (χ2v) is 6.83. The summed E-state index contributed by atoms with van der Waals surface area (Å²) < 4.78 is 47.4. The number of hydrogen-bond acceptors (Lipinski definition) is 4. The van der Waals surface area contributed by atoms with Gasteiger partial charge >= 0.3 is 12.3 Å². The molecule has 2 aromatic rings. The molecule has 1 amide bonds. The lowest BCUT2D eigenvalue weighted by Crippen LogP contribution is -2.18. The number of anilines is 2. The number of carbonyl (C=O) groups excluding carboxylic acids is 1. The first kappa shape index (κ1) is 20.6. The number of unbranched alkanes of at least 4 members (excludes halogenated alkanes) is 1. The first-order valence-corrected chi connectivity index (χ1v) is 9.35. The van der Waals surface area contributed by atoms with E-state index in [1.165, 1.54) is 10.6 Å². The number of nitrogens with zero attached hydrogens (tertiary/aromatic N) is 2. The zero-order valence-electron chi connectivity index (χ0n) is 15.9. The van der Waals surface area contributed by atoms with Crippen LogP contribution in [-0.4, -0.2) is 17.3 Å². The van der Waals surface area contributed by atoms with Gasteiger partial charge in [0.2, 0.25) is 0 Å². The first-order chi connectivity index (χ1) is 13.8. The van der Waals surface area contributed by atoms with E-state index in [0.29, 0.717) is 24.9 Å². The molecule has 0 saturated carbocycles. The summed E-state index contributed by atoms with van der Waals surface area (Å²) in [6.45, 7) is 2.03. The third kappa shape index (κ3) is 4.01. The predicted octanol–water partition coefficient (Wildman–Crippen LogP) is 4.79. The fourth-order valence-electron chi connectivity index (χ4n) is 3.53. The molecule has 0 unspecified atom stereocenters. The number of ether oxygens (including phenoxy) is 1. The Balaban J connectivity index is 2.01. The number of aromatic nitrogens is 1. The third-order valence-corrected chi connectivity index (χ3v) is 4.90. The van der Waals surface area contributed by atoms with Gasteiger partial charge in [-0.3, -0.25) is 5.32 Å². The summed E-state index contributed by atoms with van der Waals surface area (Å²) in [6, 6.07) is 5.50. The molecule has 1 aromatic carbocycles. The van der Waals surface area contributed by atoms with Crippen molar-refractivity contribution < 1.29 is 22.7 Å². The van der Waals surface area contributed by atoms with E-state index in [4.69, 9.17) is 10.5 Å². The van der Waals surface area contributed by atoms with Gasteiger partial charge in [0, 0.05) is 11.4 Å². The molecule has 0 fully saturated rings. The van der Waals surface area contributed by atoms with Crippen molar-refractivity contribution in [2.75, 3.05) is 17.7 Å². The quantitative estimate of drug-likeness (QED) is 0.699. The molecule has 1 aliphatic rings. The van der Waals surface area contributed by atoms with Crippen LogP contribution in [-0.2, 0) is 23.8 Å². The molecule has 0 radical (unpaired) electrons. The predicted molar refractivity (Wildman–Crippen MR) is 102 cm³/mol. The Hall–Kier alpha value is -3.15. The molecule has 1 heterocycles. The number of rotatable bonds is 5. The number of nitrogens with one attached hydrogen (secondary N) is 1. The molecule has 3 N–H and O–H groups in total. The summed E-state index contributed by atoms with van der Waals surface area (Å²) in [5.74, 6) is 0. The molecule has 29 heavy (non-hydrogen) atoms. The Labute approximate surface area is 166 Å². The van der Waals surface area contributed by atoms with Gasteiger partial charge in [-0.1, -0.05) is 13.3 Å². The molecule has 1 aromatic heterocycles. The highest BCUT2D eigenvalue weighted by molar-refractivity contribution is 5.86. The summed E-state index contributed by atoms with van der Waals surface area (Å²) in [5, 5.41) is 11.6. The number of nitriles is 1. The molecule has 0 saturated heterocycles. The molecule has 0 bridgehead atoms. The number of halogens is 3. The molecule has 0 spiro atoms. The molecule has 3 rings (SSSR count). The van der Waals surface area contributed by atoms with Crippen LogP contribution in [0.15, 0.2) is 18.2 Å². The van der Waals surface area contributed by atoms with Gasteiger partial charge in [-0.25, -0.2) is 4.79 Å². The highest BCUT2D eigenvalue weighted by Gasteiger charge is 2.35. The van der Waals surface area contributed by atoms with Gasteiger partial charge in [-0.2, -0.15) is 18.4 Å². The molecular weight excluding hydrogens is 385 g/mol. The van der Waals surface area contributed by atoms with E-state index in [2.05, 4.69) is 5.32 Å². The molecule has 154 valence electrons. The average molecular weight is 406 g/mol. The number of carbonyl (C=O) groups is 1. The topological polar surface area (TPSA) is 93.1 Å². The fourth-order valence-corrected chi connectivity index (χ4v) is 3.53. The summed E-state index contributed by atoms with van der Waals surface area (Å²) in [5.41, 5.74) is 6.80. The van der Waals surface area contributed by atoms with E-state index >= 15 is 0 Å². The van der Waals surface area contributed by atoms with E-state index in [1.54, 1.807) is 0 Å². The molecular formula is C20H21F3N4O2. The van der Waals surface area contributed by atoms with Crippen LogP contribution in [0, 0.1) is 11.3 Å².